The quantitative estimate of drug-likeness (QED) is 0.865. The molecular weight excluding hydrogens is 256 g/mol. The van der Waals surface area contributed by atoms with Gasteiger partial charge in [-0.05, 0) is 38.0 Å². The number of rotatable bonds is 3. The minimum Gasteiger partial charge on any atom is -0.479 e. The summed E-state index contributed by atoms with van der Waals surface area (Å²) in [5, 5.41) is 9.55. The van der Waals surface area contributed by atoms with Gasteiger partial charge >= 0.3 is 12.0 Å². The van der Waals surface area contributed by atoms with Gasteiger partial charge in [0.25, 0.3) is 0 Å². The van der Waals surface area contributed by atoms with E-state index >= 15 is 0 Å². The summed E-state index contributed by atoms with van der Waals surface area (Å²) in [7, 11) is 0. The number of carbonyl (C=O) groups is 2. The van der Waals surface area contributed by atoms with Crippen LogP contribution in [0.25, 0.3) is 0 Å². The smallest absolute Gasteiger partial charge is 0.329 e. The van der Waals surface area contributed by atoms with Gasteiger partial charge in [-0.15, -0.1) is 0 Å². The van der Waals surface area contributed by atoms with Gasteiger partial charge in [-0.25, -0.2) is 9.59 Å². The summed E-state index contributed by atoms with van der Waals surface area (Å²) in [5.74, 6) is -0.137. The van der Waals surface area contributed by atoms with E-state index in [0.717, 1.165) is 32.4 Å². The Hall–Kier alpha value is -1.26. The molecule has 2 aliphatic rings. The third kappa shape index (κ3) is 2.50. The number of urea groups is 1. The fourth-order valence-electron chi connectivity index (χ4n) is 3.60. The lowest BCUT2D eigenvalue weighted by Gasteiger charge is -2.40. The number of carbonyl (C=O) groups excluding carboxylic acids is 1. The summed E-state index contributed by atoms with van der Waals surface area (Å²) < 4.78 is 0. The Bertz CT molecular complexity index is 377. The molecule has 20 heavy (non-hydrogen) atoms. The maximum Gasteiger partial charge on any atom is 0.329 e. The summed E-state index contributed by atoms with van der Waals surface area (Å²) in [5.41, 5.74) is -0.974. The van der Waals surface area contributed by atoms with Crippen molar-refractivity contribution in [3.8, 4) is 0 Å². The highest BCUT2D eigenvalue weighted by atomic mass is 16.4. The van der Waals surface area contributed by atoms with Crippen molar-refractivity contribution in [1.29, 1.82) is 0 Å². The Morgan fingerprint density at radius 2 is 1.85 bits per heavy atom. The average molecular weight is 282 g/mol. The topological polar surface area (TPSA) is 60.9 Å². The second-order valence-electron chi connectivity index (χ2n) is 6.07. The van der Waals surface area contributed by atoms with Crippen LogP contribution in [-0.2, 0) is 4.79 Å². The van der Waals surface area contributed by atoms with Crippen molar-refractivity contribution in [3.05, 3.63) is 0 Å². The van der Waals surface area contributed by atoms with Crippen molar-refractivity contribution >= 4 is 12.0 Å². The molecule has 1 N–H and O–H groups in total. The van der Waals surface area contributed by atoms with E-state index in [1.54, 1.807) is 4.90 Å². The highest BCUT2D eigenvalue weighted by molar-refractivity contribution is 5.87. The molecule has 0 aromatic rings. The zero-order valence-electron chi connectivity index (χ0n) is 12.6. The van der Waals surface area contributed by atoms with Crippen LogP contribution in [-0.4, -0.2) is 52.1 Å². The number of hydrogen-bond acceptors (Lipinski definition) is 2. The summed E-state index contributed by atoms with van der Waals surface area (Å²) in [4.78, 5) is 27.8. The predicted molar refractivity (Wildman–Crippen MR) is 76.6 cm³/mol. The van der Waals surface area contributed by atoms with Gasteiger partial charge in [-0.3, -0.25) is 0 Å². The van der Waals surface area contributed by atoms with E-state index in [1.807, 2.05) is 11.8 Å². The maximum absolute atomic E-state index is 12.7. The van der Waals surface area contributed by atoms with E-state index < -0.39 is 11.5 Å². The molecule has 0 aromatic carbocycles. The summed E-state index contributed by atoms with van der Waals surface area (Å²) >= 11 is 0. The fraction of sp³-hybridized carbons (Fsp3) is 0.867. The molecule has 2 rings (SSSR count). The van der Waals surface area contributed by atoms with Gasteiger partial charge in [-0.1, -0.05) is 20.3 Å². The van der Waals surface area contributed by atoms with E-state index in [9.17, 15) is 14.7 Å². The molecule has 0 radical (unpaired) electrons. The van der Waals surface area contributed by atoms with Crippen LogP contribution in [0.4, 0.5) is 4.79 Å². The Balaban J connectivity index is 2.07. The second-order valence-corrected chi connectivity index (χ2v) is 6.07. The molecule has 5 heteroatoms. The first-order chi connectivity index (χ1) is 9.55. The molecule has 0 bridgehead atoms. The highest BCUT2D eigenvalue weighted by Crippen LogP contribution is 2.34. The first kappa shape index (κ1) is 15.1. The molecule has 0 aromatic heterocycles. The van der Waals surface area contributed by atoms with Crippen molar-refractivity contribution in [1.82, 2.24) is 9.80 Å². The number of aliphatic carboxylic acids is 1. The Labute approximate surface area is 120 Å². The molecule has 2 heterocycles. The normalized spacial score (nSPS) is 27.9. The average Bonchev–Trinajstić information content (AvgIpc) is 2.91. The van der Waals surface area contributed by atoms with Gasteiger partial charge in [0.05, 0.1) is 0 Å². The van der Waals surface area contributed by atoms with E-state index in [4.69, 9.17) is 0 Å². The van der Waals surface area contributed by atoms with Crippen molar-refractivity contribution in [2.75, 3.05) is 19.6 Å². The second kappa shape index (κ2) is 6.02. The monoisotopic (exact) mass is 282 g/mol. The number of hydrogen-bond donors (Lipinski definition) is 1. The molecule has 114 valence electrons. The van der Waals surface area contributed by atoms with E-state index in [2.05, 4.69) is 6.92 Å². The number of carboxylic acid groups (broad SMARTS) is 1. The Morgan fingerprint density at radius 1 is 1.20 bits per heavy atom. The lowest BCUT2D eigenvalue weighted by molar-refractivity contribution is -0.148. The van der Waals surface area contributed by atoms with E-state index in [1.165, 1.54) is 6.42 Å². The van der Waals surface area contributed by atoms with Crippen LogP contribution in [0.5, 0.6) is 0 Å². The molecule has 5 nitrogen and oxygen atoms in total. The lowest BCUT2D eigenvalue weighted by Crippen LogP contribution is -2.57. The third-order valence-electron chi connectivity index (χ3n) is 5.17. The summed E-state index contributed by atoms with van der Waals surface area (Å²) in [6.45, 7) is 6.17. The number of piperidine rings is 1. The largest absolute Gasteiger partial charge is 0.479 e. The lowest BCUT2D eigenvalue weighted by atomic mass is 9.92. The van der Waals surface area contributed by atoms with Crippen LogP contribution in [0.15, 0.2) is 0 Å². The van der Waals surface area contributed by atoms with Crippen LogP contribution in [0.3, 0.4) is 0 Å². The molecular formula is C15H26N2O3. The predicted octanol–water partition coefficient (Wildman–Crippen LogP) is 2.56. The number of carboxylic acids is 1. The van der Waals surface area contributed by atoms with Gasteiger partial charge in [0, 0.05) is 19.6 Å². The first-order valence-electron chi connectivity index (χ1n) is 7.85. The van der Waals surface area contributed by atoms with Crippen molar-refractivity contribution < 1.29 is 14.7 Å². The number of nitrogens with zero attached hydrogens (tertiary/aromatic N) is 2. The molecule has 2 fully saturated rings. The van der Waals surface area contributed by atoms with Gasteiger partial charge in [-0.2, -0.15) is 0 Å². The molecule has 2 saturated heterocycles. The zero-order valence-corrected chi connectivity index (χ0v) is 12.6. The Kier molecular flexibility index (Phi) is 4.55. The van der Waals surface area contributed by atoms with Gasteiger partial charge in [0.2, 0.25) is 0 Å². The molecule has 0 saturated carbocycles. The summed E-state index contributed by atoms with van der Waals surface area (Å²) in [6, 6.07) is -0.0682. The van der Waals surface area contributed by atoms with E-state index in [0.29, 0.717) is 25.3 Å². The standard InChI is InChI=1S/C15H26N2O3/c1-3-12-6-10-16(11-7-12)14(20)17-9-5-8-15(17,4-2)13(18)19/h12H,3-11H2,1-2H3,(H,18,19). The minimum atomic E-state index is -0.974. The zero-order chi connectivity index (χ0) is 14.8. The van der Waals surface area contributed by atoms with Crippen molar-refractivity contribution in [2.45, 2.75) is 57.9 Å². The molecule has 1 unspecified atom stereocenters. The van der Waals surface area contributed by atoms with Crippen molar-refractivity contribution in [2.24, 2.45) is 5.92 Å². The maximum atomic E-state index is 12.7. The number of amides is 2. The van der Waals surface area contributed by atoms with E-state index in [-0.39, 0.29) is 6.03 Å². The van der Waals surface area contributed by atoms with Gasteiger partial charge in [0.15, 0.2) is 0 Å². The fourth-order valence-corrected chi connectivity index (χ4v) is 3.60. The molecule has 2 amide bonds. The van der Waals surface area contributed by atoms with Gasteiger partial charge in [0.1, 0.15) is 5.54 Å². The van der Waals surface area contributed by atoms with Crippen LogP contribution in [0.1, 0.15) is 52.4 Å². The highest BCUT2D eigenvalue weighted by Gasteiger charge is 2.49. The summed E-state index contributed by atoms with van der Waals surface area (Å²) in [6.07, 6.45) is 5.11. The van der Waals surface area contributed by atoms with Crippen LogP contribution in [0, 0.1) is 5.92 Å². The molecule has 1 atom stereocenters. The third-order valence-corrected chi connectivity index (χ3v) is 5.17. The minimum absolute atomic E-state index is 0.0682. The van der Waals surface area contributed by atoms with Crippen LogP contribution >= 0.6 is 0 Å². The Morgan fingerprint density at radius 3 is 2.35 bits per heavy atom. The molecule has 0 aliphatic carbocycles. The van der Waals surface area contributed by atoms with Crippen LogP contribution in [0.2, 0.25) is 0 Å². The molecule has 2 aliphatic heterocycles. The molecule has 0 spiro atoms. The SMILES string of the molecule is CCC1CCN(C(=O)N2CCCC2(CC)C(=O)O)CC1. The van der Waals surface area contributed by atoms with Crippen LogP contribution < -0.4 is 0 Å². The van der Waals surface area contributed by atoms with Crippen molar-refractivity contribution in [3.63, 3.8) is 0 Å². The number of likely N-dealkylation sites (tertiary alicyclic amines) is 2. The van der Waals surface area contributed by atoms with Gasteiger partial charge < -0.3 is 14.9 Å². The first-order valence-corrected chi connectivity index (χ1v) is 7.85.